The molecule has 0 aliphatic carbocycles. The highest BCUT2D eigenvalue weighted by atomic mass is 32.2. The lowest BCUT2D eigenvalue weighted by Crippen LogP contribution is -2.34. The molecular formula is C11H14F2N2S. The third-order valence-corrected chi connectivity index (χ3v) is 4.27. The second-order valence-corrected chi connectivity index (χ2v) is 5.21. The first kappa shape index (κ1) is 11.8. The van der Waals surface area contributed by atoms with E-state index in [0.29, 0.717) is 5.56 Å². The van der Waals surface area contributed by atoms with E-state index < -0.39 is 11.6 Å². The van der Waals surface area contributed by atoms with Crippen LogP contribution in [0.5, 0.6) is 0 Å². The predicted molar refractivity (Wildman–Crippen MR) is 61.9 cm³/mol. The van der Waals surface area contributed by atoms with Crippen LogP contribution in [0, 0.1) is 11.6 Å². The number of hydrogen-bond donors (Lipinski definition) is 2. The van der Waals surface area contributed by atoms with Crippen LogP contribution in [-0.2, 0) is 0 Å². The average Bonchev–Trinajstić information content (AvgIpc) is 2.75. The fourth-order valence-electron chi connectivity index (χ4n) is 2.02. The maximum Gasteiger partial charge on any atom is 0.130 e. The first-order valence-corrected chi connectivity index (χ1v) is 6.30. The van der Waals surface area contributed by atoms with Gasteiger partial charge in [0, 0.05) is 16.9 Å². The zero-order valence-electron chi connectivity index (χ0n) is 8.75. The van der Waals surface area contributed by atoms with Gasteiger partial charge in [0.2, 0.25) is 0 Å². The van der Waals surface area contributed by atoms with E-state index in [0.717, 1.165) is 24.7 Å². The highest BCUT2D eigenvalue weighted by Crippen LogP contribution is 2.36. The lowest BCUT2D eigenvalue weighted by molar-refractivity contribution is 0.484. The van der Waals surface area contributed by atoms with Gasteiger partial charge in [-0.2, -0.15) is 11.8 Å². The molecule has 2 rings (SSSR count). The molecule has 2 atom stereocenters. The summed E-state index contributed by atoms with van der Waals surface area (Å²) < 4.78 is 26.4. The maximum atomic E-state index is 13.6. The van der Waals surface area contributed by atoms with Crippen molar-refractivity contribution in [1.29, 1.82) is 0 Å². The number of benzene rings is 1. The van der Waals surface area contributed by atoms with Crippen molar-refractivity contribution in [3.63, 3.8) is 0 Å². The summed E-state index contributed by atoms with van der Waals surface area (Å²) >= 11 is 1.78. The van der Waals surface area contributed by atoms with Crippen LogP contribution in [0.15, 0.2) is 18.2 Å². The SMILES string of the molecule is NNC(c1ccc(F)cc1F)C1CCCS1. The number of nitrogens with one attached hydrogen (secondary N) is 1. The van der Waals surface area contributed by atoms with Gasteiger partial charge in [-0.3, -0.25) is 11.3 Å². The minimum Gasteiger partial charge on any atom is -0.271 e. The van der Waals surface area contributed by atoms with Crippen LogP contribution in [0.25, 0.3) is 0 Å². The van der Waals surface area contributed by atoms with Gasteiger partial charge in [0.25, 0.3) is 0 Å². The molecule has 0 saturated carbocycles. The Balaban J connectivity index is 2.25. The molecule has 1 aliphatic heterocycles. The first-order valence-electron chi connectivity index (χ1n) is 5.25. The molecule has 2 nitrogen and oxygen atoms in total. The third-order valence-electron chi connectivity index (χ3n) is 2.81. The van der Waals surface area contributed by atoms with Crippen LogP contribution in [0.3, 0.4) is 0 Å². The Morgan fingerprint density at radius 2 is 2.25 bits per heavy atom. The van der Waals surface area contributed by atoms with Crippen LogP contribution in [0.4, 0.5) is 8.78 Å². The van der Waals surface area contributed by atoms with E-state index in [1.165, 1.54) is 12.1 Å². The van der Waals surface area contributed by atoms with E-state index in [1.807, 2.05) is 0 Å². The van der Waals surface area contributed by atoms with Gasteiger partial charge < -0.3 is 0 Å². The normalized spacial score (nSPS) is 22.3. The molecule has 1 heterocycles. The van der Waals surface area contributed by atoms with E-state index in [9.17, 15) is 8.78 Å². The quantitative estimate of drug-likeness (QED) is 0.633. The van der Waals surface area contributed by atoms with Gasteiger partial charge >= 0.3 is 0 Å². The number of rotatable bonds is 3. The zero-order valence-corrected chi connectivity index (χ0v) is 9.57. The third kappa shape index (κ3) is 2.36. The van der Waals surface area contributed by atoms with E-state index in [2.05, 4.69) is 5.43 Å². The molecule has 16 heavy (non-hydrogen) atoms. The van der Waals surface area contributed by atoms with Crippen molar-refractivity contribution in [2.75, 3.05) is 5.75 Å². The summed E-state index contributed by atoms with van der Waals surface area (Å²) in [5.41, 5.74) is 3.08. The summed E-state index contributed by atoms with van der Waals surface area (Å²) in [7, 11) is 0. The molecule has 5 heteroatoms. The molecule has 3 N–H and O–H groups in total. The highest BCUT2D eigenvalue weighted by molar-refractivity contribution is 8.00. The van der Waals surface area contributed by atoms with Crippen molar-refractivity contribution in [1.82, 2.24) is 5.43 Å². The Bertz CT molecular complexity index is 367. The maximum absolute atomic E-state index is 13.6. The van der Waals surface area contributed by atoms with Crippen molar-refractivity contribution < 1.29 is 8.78 Å². The zero-order chi connectivity index (χ0) is 11.5. The number of hydrogen-bond acceptors (Lipinski definition) is 3. The summed E-state index contributed by atoms with van der Waals surface area (Å²) in [5, 5.41) is 0.268. The Hall–Kier alpha value is -0.650. The van der Waals surface area contributed by atoms with Crippen LogP contribution in [0.1, 0.15) is 24.4 Å². The summed E-state index contributed by atoms with van der Waals surface area (Å²) in [4.78, 5) is 0. The predicted octanol–water partition coefficient (Wildman–Crippen LogP) is 2.36. The van der Waals surface area contributed by atoms with E-state index in [-0.39, 0.29) is 11.3 Å². The molecule has 2 unspecified atom stereocenters. The minimum atomic E-state index is -0.559. The van der Waals surface area contributed by atoms with Gasteiger partial charge in [-0.25, -0.2) is 8.78 Å². The van der Waals surface area contributed by atoms with Crippen molar-refractivity contribution in [2.45, 2.75) is 24.1 Å². The van der Waals surface area contributed by atoms with Crippen LogP contribution < -0.4 is 11.3 Å². The van der Waals surface area contributed by atoms with Crippen LogP contribution in [0.2, 0.25) is 0 Å². The standard InChI is InChI=1S/C11H14F2N2S/c12-7-3-4-8(9(13)6-7)11(15-14)10-2-1-5-16-10/h3-4,6,10-11,15H,1-2,5,14H2. The molecule has 1 saturated heterocycles. The second-order valence-electron chi connectivity index (χ2n) is 3.86. The van der Waals surface area contributed by atoms with Crippen molar-refractivity contribution in [3.05, 3.63) is 35.4 Å². The molecule has 1 aliphatic rings. The molecule has 1 aromatic carbocycles. The van der Waals surface area contributed by atoms with Gasteiger partial charge in [-0.05, 0) is 24.7 Å². The lowest BCUT2D eigenvalue weighted by Gasteiger charge is -2.22. The van der Waals surface area contributed by atoms with Crippen molar-refractivity contribution in [3.8, 4) is 0 Å². The summed E-state index contributed by atoms with van der Waals surface area (Å²) in [6, 6.07) is 3.39. The molecule has 0 amide bonds. The molecule has 1 aromatic rings. The second kappa shape index (κ2) is 5.12. The fourth-order valence-corrected chi connectivity index (χ4v) is 3.40. The topological polar surface area (TPSA) is 38.0 Å². The number of hydrazine groups is 1. The van der Waals surface area contributed by atoms with Gasteiger partial charge in [-0.15, -0.1) is 0 Å². The summed E-state index contributed by atoms with van der Waals surface area (Å²) in [5.74, 6) is 5.45. The average molecular weight is 244 g/mol. The van der Waals surface area contributed by atoms with E-state index in [1.54, 1.807) is 11.8 Å². The molecule has 0 spiro atoms. The number of thioether (sulfide) groups is 1. The summed E-state index contributed by atoms with van der Waals surface area (Å²) in [6.45, 7) is 0. The van der Waals surface area contributed by atoms with Crippen LogP contribution >= 0.6 is 11.8 Å². The number of nitrogens with two attached hydrogens (primary N) is 1. The molecular weight excluding hydrogens is 230 g/mol. The Labute approximate surface area is 97.6 Å². The lowest BCUT2D eigenvalue weighted by atomic mass is 10.0. The Morgan fingerprint density at radius 3 is 2.81 bits per heavy atom. The fraction of sp³-hybridized carbons (Fsp3) is 0.455. The largest absolute Gasteiger partial charge is 0.271 e. The highest BCUT2D eigenvalue weighted by Gasteiger charge is 2.28. The molecule has 88 valence electrons. The van der Waals surface area contributed by atoms with Gasteiger partial charge in [0.05, 0.1) is 6.04 Å². The monoisotopic (exact) mass is 244 g/mol. The molecule has 0 bridgehead atoms. The first-order chi connectivity index (χ1) is 7.72. The summed E-state index contributed by atoms with van der Waals surface area (Å²) in [6.07, 6.45) is 2.13. The minimum absolute atomic E-state index is 0.243. The molecule has 0 aromatic heterocycles. The van der Waals surface area contributed by atoms with Crippen LogP contribution in [-0.4, -0.2) is 11.0 Å². The van der Waals surface area contributed by atoms with Gasteiger partial charge in [-0.1, -0.05) is 6.07 Å². The van der Waals surface area contributed by atoms with E-state index in [4.69, 9.17) is 5.84 Å². The van der Waals surface area contributed by atoms with Gasteiger partial charge in [0.1, 0.15) is 11.6 Å². The van der Waals surface area contributed by atoms with Crippen molar-refractivity contribution in [2.24, 2.45) is 5.84 Å². The Kier molecular flexibility index (Phi) is 3.78. The Morgan fingerprint density at radius 1 is 1.44 bits per heavy atom. The molecule has 0 radical (unpaired) electrons. The smallest absolute Gasteiger partial charge is 0.130 e. The number of halogens is 2. The van der Waals surface area contributed by atoms with E-state index >= 15 is 0 Å². The molecule has 1 fully saturated rings. The van der Waals surface area contributed by atoms with Crippen molar-refractivity contribution >= 4 is 11.8 Å². The van der Waals surface area contributed by atoms with Gasteiger partial charge in [0.15, 0.2) is 0 Å².